The number of esters is 1. The molecule has 0 bridgehead atoms. The summed E-state index contributed by atoms with van der Waals surface area (Å²) in [5, 5.41) is 15.9. The van der Waals surface area contributed by atoms with Crippen LogP contribution in [0.3, 0.4) is 0 Å². The maximum absolute atomic E-state index is 13.7. The molecule has 3 N–H and O–H groups in total. The smallest absolute Gasteiger partial charge is 0.309 e. The first-order valence-electron chi connectivity index (χ1n) is 17.8. The zero-order valence-corrected chi connectivity index (χ0v) is 29.7. The van der Waals surface area contributed by atoms with Gasteiger partial charge in [-0.1, -0.05) is 115 Å². The second-order valence-corrected chi connectivity index (χ2v) is 12.9. The predicted octanol–water partition coefficient (Wildman–Crippen LogP) is 6.57. The molecule has 4 rings (SSSR count). The molecule has 272 valence electrons. The summed E-state index contributed by atoms with van der Waals surface area (Å²) in [4.78, 5) is 40.2. The number of ether oxygens (including phenoxy) is 2. The topological polar surface area (TPSA) is 114 Å². The van der Waals surface area contributed by atoms with Gasteiger partial charge in [-0.3, -0.25) is 14.4 Å². The van der Waals surface area contributed by atoms with E-state index in [0.29, 0.717) is 38.0 Å². The van der Waals surface area contributed by atoms with E-state index in [-0.39, 0.29) is 43.8 Å². The molecule has 0 unspecified atom stereocenters. The number of aliphatic hydroxyl groups excluding tert-OH is 1. The van der Waals surface area contributed by atoms with Gasteiger partial charge in [0.1, 0.15) is 19.0 Å². The number of carbonyl (C=O) groups is 3. The normalized spacial score (nSPS) is 13.1. The Balaban J connectivity index is 1.43. The molecule has 0 aromatic heterocycles. The molecule has 0 heterocycles. The fourth-order valence-electron chi connectivity index (χ4n) is 5.94. The lowest BCUT2D eigenvalue weighted by Gasteiger charge is -2.24. The Labute approximate surface area is 307 Å². The van der Waals surface area contributed by atoms with Crippen molar-refractivity contribution < 1.29 is 29.0 Å². The molecule has 0 saturated heterocycles. The summed E-state index contributed by atoms with van der Waals surface area (Å²) in [6.07, 6.45) is 5.27. The quantitative estimate of drug-likeness (QED) is 0.0631. The molecule has 0 radical (unpaired) electrons. The van der Waals surface area contributed by atoms with Gasteiger partial charge in [-0.2, -0.15) is 0 Å². The van der Waals surface area contributed by atoms with Gasteiger partial charge in [-0.05, 0) is 66.5 Å². The van der Waals surface area contributed by atoms with Crippen molar-refractivity contribution in [3.8, 4) is 5.75 Å². The van der Waals surface area contributed by atoms with Gasteiger partial charge in [0.25, 0.3) is 0 Å². The van der Waals surface area contributed by atoms with E-state index in [1.54, 1.807) is 12.2 Å². The third-order valence-electron chi connectivity index (χ3n) is 8.70. The van der Waals surface area contributed by atoms with Crippen molar-refractivity contribution in [3.63, 3.8) is 0 Å². The molecule has 4 atom stereocenters. The maximum atomic E-state index is 13.7. The van der Waals surface area contributed by atoms with E-state index in [1.165, 1.54) is 0 Å². The highest BCUT2D eigenvalue weighted by molar-refractivity contribution is 5.86. The molecule has 0 aliphatic carbocycles. The number of aliphatic hydroxyl groups is 1. The fourth-order valence-corrected chi connectivity index (χ4v) is 5.94. The Hall–Kier alpha value is -5.47. The molecule has 52 heavy (non-hydrogen) atoms. The SMILES string of the molecule is C=CC[C@H](CC(=O)N[C@H](CO)Cc1ccccc1)C(=O)N[C@H](COC(=O)[C@H](CC=C)Cc1ccccc1)Cc1ccc(OCc2ccccc2)cc1. The Kier molecular flexibility index (Phi) is 16.4. The van der Waals surface area contributed by atoms with Crippen LogP contribution in [0, 0.1) is 11.8 Å². The largest absolute Gasteiger partial charge is 0.489 e. The molecule has 8 nitrogen and oxygen atoms in total. The highest BCUT2D eigenvalue weighted by Crippen LogP contribution is 2.19. The van der Waals surface area contributed by atoms with Gasteiger partial charge >= 0.3 is 5.97 Å². The molecular weight excluding hydrogens is 652 g/mol. The van der Waals surface area contributed by atoms with Gasteiger partial charge in [0.05, 0.1) is 30.5 Å². The van der Waals surface area contributed by atoms with Crippen LogP contribution < -0.4 is 15.4 Å². The summed E-state index contributed by atoms with van der Waals surface area (Å²) < 4.78 is 11.8. The van der Waals surface area contributed by atoms with Crippen molar-refractivity contribution in [1.82, 2.24) is 10.6 Å². The molecule has 0 aliphatic heterocycles. The predicted molar refractivity (Wildman–Crippen MR) is 204 cm³/mol. The third kappa shape index (κ3) is 13.7. The number of hydrogen-bond acceptors (Lipinski definition) is 6. The second kappa shape index (κ2) is 21.7. The van der Waals surface area contributed by atoms with Crippen LogP contribution in [0.1, 0.15) is 41.5 Å². The zero-order chi connectivity index (χ0) is 37.0. The monoisotopic (exact) mass is 702 g/mol. The number of allylic oxidation sites excluding steroid dienone is 2. The van der Waals surface area contributed by atoms with Gasteiger partial charge in [0.2, 0.25) is 11.8 Å². The van der Waals surface area contributed by atoms with Crippen LogP contribution in [0.25, 0.3) is 0 Å². The lowest BCUT2D eigenvalue weighted by molar-refractivity contribution is -0.149. The fraction of sp³-hybridized carbons (Fsp3) is 0.295. The van der Waals surface area contributed by atoms with E-state index in [4.69, 9.17) is 9.47 Å². The van der Waals surface area contributed by atoms with Crippen LogP contribution in [0.15, 0.2) is 141 Å². The first-order chi connectivity index (χ1) is 25.4. The molecule has 0 fully saturated rings. The van der Waals surface area contributed by atoms with E-state index in [0.717, 1.165) is 22.3 Å². The number of rotatable bonds is 22. The van der Waals surface area contributed by atoms with Crippen molar-refractivity contribution >= 4 is 17.8 Å². The van der Waals surface area contributed by atoms with Gasteiger partial charge in [0, 0.05) is 6.42 Å². The first-order valence-corrected chi connectivity index (χ1v) is 17.8. The van der Waals surface area contributed by atoms with E-state index in [1.807, 2.05) is 115 Å². The highest BCUT2D eigenvalue weighted by Gasteiger charge is 2.27. The van der Waals surface area contributed by atoms with E-state index in [2.05, 4.69) is 23.8 Å². The van der Waals surface area contributed by atoms with Crippen molar-refractivity contribution in [2.24, 2.45) is 11.8 Å². The van der Waals surface area contributed by atoms with Crippen molar-refractivity contribution in [3.05, 3.63) is 163 Å². The lowest BCUT2D eigenvalue weighted by atomic mass is 9.96. The van der Waals surface area contributed by atoms with E-state index < -0.39 is 23.9 Å². The average molecular weight is 703 g/mol. The van der Waals surface area contributed by atoms with Crippen LogP contribution in [0.4, 0.5) is 0 Å². The van der Waals surface area contributed by atoms with Gasteiger partial charge in [-0.15, -0.1) is 13.2 Å². The summed E-state index contributed by atoms with van der Waals surface area (Å²) in [5.41, 5.74) is 3.96. The van der Waals surface area contributed by atoms with Crippen molar-refractivity contribution in [2.75, 3.05) is 13.2 Å². The molecular formula is C44H50N2O6. The summed E-state index contributed by atoms with van der Waals surface area (Å²) in [7, 11) is 0. The minimum Gasteiger partial charge on any atom is -0.489 e. The molecule has 0 spiro atoms. The van der Waals surface area contributed by atoms with Crippen LogP contribution in [0.5, 0.6) is 5.75 Å². The molecule has 4 aromatic rings. The van der Waals surface area contributed by atoms with Crippen LogP contribution in [-0.4, -0.2) is 48.2 Å². The second-order valence-electron chi connectivity index (χ2n) is 12.9. The zero-order valence-electron chi connectivity index (χ0n) is 29.7. The third-order valence-corrected chi connectivity index (χ3v) is 8.70. The number of benzene rings is 4. The Morgan fingerprint density at radius 3 is 1.73 bits per heavy atom. The number of nitrogens with one attached hydrogen (secondary N) is 2. The lowest BCUT2D eigenvalue weighted by Crippen LogP contribution is -2.45. The highest BCUT2D eigenvalue weighted by atomic mass is 16.5. The molecule has 8 heteroatoms. The Bertz CT molecular complexity index is 1680. The Morgan fingerprint density at radius 1 is 0.635 bits per heavy atom. The minimum absolute atomic E-state index is 0.0596. The molecule has 0 aliphatic rings. The first kappa shape index (κ1) is 39.3. The van der Waals surface area contributed by atoms with Gasteiger partial charge in [0.15, 0.2) is 0 Å². The minimum atomic E-state index is -0.716. The van der Waals surface area contributed by atoms with Gasteiger partial charge in [-0.25, -0.2) is 0 Å². The summed E-state index contributed by atoms with van der Waals surface area (Å²) >= 11 is 0. The molecule has 0 saturated carbocycles. The van der Waals surface area contributed by atoms with Crippen LogP contribution >= 0.6 is 0 Å². The Morgan fingerprint density at radius 2 is 1.15 bits per heavy atom. The van der Waals surface area contributed by atoms with Crippen molar-refractivity contribution in [2.45, 2.75) is 57.2 Å². The van der Waals surface area contributed by atoms with E-state index >= 15 is 0 Å². The number of amides is 2. The summed E-state index contributed by atoms with van der Waals surface area (Å²) in [5.74, 6) is -1.51. The summed E-state index contributed by atoms with van der Waals surface area (Å²) in [6.45, 7) is 7.77. The van der Waals surface area contributed by atoms with Gasteiger partial charge < -0.3 is 25.2 Å². The average Bonchev–Trinajstić information content (AvgIpc) is 3.17. The number of hydrogen-bond donors (Lipinski definition) is 3. The van der Waals surface area contributed by atoms with Crippen molar-refractivity contribution in [1.29, 1.82) is 0 Å². The van der Waals surface area contributed by atoms with Crippen LogP contribution in [-0.2, 0) is 45.0 Å². The van der Waals surface area contributed by atoms with Crippen LogP contribution in [0.2, 0.25) is 0 Å². The maximum Gasteiger partial charge on any atom is 0.309 e. The number of carbonyl (C=O) groups excluding carboxylic acids is 3. The molecule has 4 aromatic carbocycles. The van der Waals surface area contributed by atoms with E-state index in [9.17, 15) is 19.5 Å². The summed E-state index contributed by atoms with van der Waals surface area (Å²) in [6, 6.07) is 35.7. The standard InChI is InChI=1S/C44H50N2O6/c1-3-14-37(29-42(48)45-39(30-47)27-34-18-10-6-11-19-34)43(49)46-40(32-52-44(50)38(15-4-2)26-33-16-8-5-9-17-33)28-35-22-24-41(25-23-35)51-31-36-20-12-7-13-21-36/h3-13,16-25,37-40,47H,1-2,14-15,26-32H2,(H,45,48)(H,46,49)/t37-,38-,39+,40+/m1/s1. The molecule has 2 amide bonds.